The second kappa shape index (κ2) is 9.44. The first-order chi connectivity index (χ1) is 12.3. The molecule has 7 nitrogen and oxygen atoms in total. The maximum Gasteiger partial charge on any atom is -0.870 e. The van der Waals surface area contributed by atoms with Crippen LogP contribution in [-0.2, 0) is 4.74 Å². The summed E-state index contributed by atoms with van der Waals surface area (Å²) in [5.74, 6) is 6.88. The number of hydrogen-bond acceptors (Lipinski definition) is 5. The van der Waals surface area contributed by atoms with Gasteiger partial charge in [0.1, 0.15) is 5.60 Å². The molecule has 0 radical (unpaired) electrons. The van der Waals surface area contributed by atoms with E-state index in [1.54, 1.807) is 11.1 Å². The van der Waals surface area contributed by atoms with Crippen molar-refractivity contribution in [2.45, 2.75) is 45.3 Å². The third kappa shape index (κ3) is 5.88. The van der Waals surface area contributed by atoms with E-state index < -0.39 is 5.60 Å². The molecule has 2 aromatic rings. The monoisotopic (exact) mass is 381 g/mol. The van der Waals surface area contributed by atoms with Crippen LogP contribution in [0.2, 0.25) is 0 Å². The van der Waals surface area contributed by atoms with Gasteiger partial charge >= 0.3 is 119 Å². The number of rotatable bonds is 1. The first-order valence-electron chi connectivity index (χ1n) is 8.74. The van der Waals surface area contributed by atoms with Crippen LogP contribution in [0.15, 0.2) is 30.5 Å². The first-order valence-corrected chi connectivity index (χ1v) is 8.74. The van der Waals surface area contributed by atoms with Crippen LogP contribution in [0.4, 0.5) is 4.79 Å². The molecule has 1 fully saturated rings. The summed E-state index contributed by atoms with van der Waals surface area (Å²) in [6.45, 7) is 6.28. The second-order valence-corrected chi connectivity index (χ2v) is 7.39. The Kier molecular flexibility index (Phi) is 7.85. The number of aromatic amines is 1. The average Bonchev–Trinajstić information content (AvgIpc) is 3.21. The number of likely N-dealkylation sites (tertiary alicyclic amines) is 1. The molecule has 0 bridgehead atoms. The fourth-order valence-electron chi connectivity index (χ4n) is 2.87. The summed E-state index contributed by atoms with van der Waals surface area (Å²) in [4.78, 5) is 21.8. The van der Waals surface area contributed by atoms with Crippen molar-refractivity contribution in [2.24, 2.45) is 0 Å². The molecule has 1 atom stereocenters. The molecule has 3 N–H and O–H groups in total. The standard InChI is InChI=1S/C20H22BN3O2.2H2O/c1-20(2,3)26-19(25)24-12-4-5-17(24)18-22-13-16(23-18)11-8-14-6-9-15(21)10-7-14;;/h6-7,9-10,13,17H,4-5,12H2,1-3H3,(H,22,23);2*1H2/q+2;;/p-2/t17-;;/m0../s1. The van der Waals surface area contributed by atoms with E-state index in [0.29, 0.717) is 17.7 Å². The second-order valence-electron chi connectivity index (χ2n) is 7.39. The van der Waals surface area contributed by atoms with Gasteiger partial charge in [0.25, 0.3) is 0 Å². The number of nitrogens with one attached hydrogen (secondary N) is 1. The Morgan fingerprint density at radius 3 is 2.57 bits per heavy atom. The van der Waals surface area contributed by atoms with Crippen molar-refractivity contribution in [3.63, 3.8) is 0 Å². The van der Waals surface area contributed by atoms with Gasteiger partial charge in [0, 0.05) is 0 Å². The molecule has 2 heterocycles. The van der Waals surface area contributed by atoms with Gasteiger partial charge in [0.2, 0.25) is 0 Å². The zero-order valence-corrected chi connectivity index (χ0v) is 16.3. The van der Waals surface area contributed by atoms with Gasteiger partial charge in [-0.3, -0.25) is 0 Å². The summed E-state index contributed by atoms with van der Waals surface area (Å²) < 4.78 is 5.50. The van der Waals surface area contributed by atoms with Gasteiger partial charge in [-0.05, 0) is 20.8 Å². The van der Waals surface area contributed by atoms with Crippen molar-refractivity contribution in [3.8, 4) is 11.8 Å². The number of amides is 1. The molecule has 1 aromatic carbocycles. The van der Waals surface area contributed by atoms with Crippen LogP contribution in [-0.4, -0.2) is 51.9 Å². The van der Waals surface area contributed by atoms with Gasteiger partial charge in [-0.25, -0.2) is 4.79 Å². The molecule has 146 valence electrons. The molecule has 8 heteroatoms. The van der Waals surface area contributed by atoms with Crippen LogP contribution in [0, 0.1) is 11.8 Å². The summed E-state index contributed by atoms with van der Waals surface area (Å²) in [5, 5.41) is 0. The van der Waals surface area contributed by atoms with Crippen LogP contribution in [0.5, 0.6) is 0 Å². The summed E-state index contributed by atoms with van der Waals surface area (Å²) in [6, 6.07) is 7.29. The minimum atomic E-state index is -0.511. The van der Waals surface area contributed by atoms with Crippen molar-refractivity contribution >= 4 is 19.4 Å². The molecule has 28 heavy (non-hydrogen) atoms. The number of ether oxygens (including phenoxy) is 1. The number of benzene rings is 1. The van der Waals surface area contributed by atoms with E-state index in [-0.39, 0.29) is 23.1 Å². The quantitative estimate of drug-likeness (QED) is 0.601. The Hall–Kier alpha value is -2.76. The summed E-state index contributed by atoms with van der Waals surface area (Å²) in [7, 11) is 5.68. The fraction of sp³-hybridized carbons (Fsp3) is 0.400. The molecule has 0 saturated carbocycles. The van der Waals surface area contributed by atoms with Crippen LogP contribution >= 0.6 is 0 Å². The Balaban J connectivity index is 0.00000196. The largest absolute Gasteiger partial charge is 0.870 e. The van der Waals surface area contributed by atoms with Gasteiger partial charge in [-0.1, -0.05) is 0 Å². The van der Waals surface area contributed by atoms with Crippen molar-refractivity contribution < 1.29 is 20.5 Å². The molecular weight excluding hydrogens is 357 g/mol. The van der Waals surface area contributed by atoms with E-state index in [0.717, 1.165) is 24.2 Å². The molecule has 3 rings (SSSR count). The van der Waals surface area contributed by atoms with Crippen molar-refractivity contribution in [1.82, 2.24) is 14.9 Å². The Bertz CT molecular complexity index is 847. The average molecular weight is 381 g/mol. The minimum Gasteiger partial charge on any atom is -0.870 e. The summed E-state index contributed by atoms with van der Waals surface area (Å²) >= 11 is 0. The molecular formula is C20H24BN3O4. The number of H-pyrrole nitrogens is 1. The summed E-state index contributed by atoms with van der Waals surface area (Å²) in [5.41, 5.74) is 1.80. The van der Waals surface area contributed by atoms with E-state index in [9.17, 15) is 4.79 Å². The predicted octanol–water partition coefficient (Wildman–Crippen LogP) is 2.32. The zero-order valence-electron chi connectivity index (χ0n) is 16.3. The predicted molar refractivity (Wildman–Crippen MR) is 105 cm³/mol. The van der Waals surface area contributed by atoms with Crippen molar-refractivity contribution in [1.29, 1.82) is 0 Å². The van der Waals surface area contributed by atoms with Gasteiger partial charge in [-0.15, -0.1) is 0 Å². The minimum absolute atomic E-state index is 0. The molecule has 1 amide bonds. The third-order valence-corrected chi connectivity index (χ3v) is 4.04. The van der Waals surface area contributed by atoms with E-state index in [2.05, 4.69) is 21.8 Å². The topological polar surface area (TPSA) is 118 Å². The molecule has 1 aliphatic heterocycles. The van der Waals surface area contributed by atoms with Crippen molar-refractivity contribution in [3.05, 3.63) is 47.5 Å². The molecule has 1 saturated heterocycles. The van der Waals surface area contributed by atoms with Crippen LogP contribution in [0.1, 0.15) is 56.7 Å². The Morgan fingerprint density at radius 2 is 1.93 bits per heavy atom. The maximum atomic E-state index is 12.4. The van der Waals surface area contributed by atoms with Gasteiger partial charge < -0.3 is 15.7 Å². The number of imidazole rings is 1. The van der Waals surface area contributed by atoms with Crippen LogP contribution in [0.3, 0.4) is 0 Å². The normalized spacial score (nSPS) is 15.8. The van der Waals surface area contributed by atoms with Crippen LogP contribution in [0.25, 0.3) is 0 Å². The summed E-state index contributed by atoms with van der Waals surface area (Å²) in [6.07, 6.45) is 3.19. The Labute approximate surface area is 166 Å². The van der Waals surface area contributed by atoms with Crippen LogP contribution < -0.4 is 5.46 Å². The van der Waals surface area contributed by atoms with Gasteiger partial charge in [-0.2, -0.15) is 0 Å². The molecule has 0 aliphatic carbocycles. The number of hydrogen-bond donors (Lipinski definition) is 1. The fourth-order valence-corrected chi connectivity index (χ4v) is 2.87. The zero-order chi connectivity index (χ0) is 18.7. The third-order valence-electron chi connectivity index (χ3n) is 4.04. The molecule has 0 spiro atoms. The maximum absolute atomic E-state index is 12.4. The number of carbonyl (C=O) groups is 1. The first kappa shape index (κ1) is 23.3. The van der Waals surface area contributed by atoms with E-state index in [1.807, 2.05) is 45.0 Å². The van der Waals surface area contributed by atoms with E-state index in [1.165, 1.54) is 0 Å². The van der Waals surface area contributed by atoms with E-state index in [4.69, 9.17) is 12.6 Å². The molecule has 1 aliphatic rings. The van der Waals surface area contributed by atoms with Crippen molar-refractivity contribution in [2.75, 3.05) is 6.54 Å². The Morgan fingerprint density at radius 1 is 1.25 bits per heavy atom. The van der Waals surface area contributed by atoms with Gasteiger partial charge in [0.15, 0.2) is 0 Å². The number of aromatic nitrogens is 2. The molecule has 1 aromatic heterocycles. The molecule has 0 unspecified atom stereocenters. The number of nitrogens with zero attached hydrogens (tertiary/aromatic N) is 2. The number of carbonyl (C=O) groups excluding carboxylic acids is 1. The SMILES string of the molecule is [B+2]c1ccc(C#Cc2cnc([C@@H]3CCCN3C(=O)OC(C)(C)C)[nH]2)cc1.[OH-].[OH-]. The smallest absolute Gasteiger partial charge is 0.870 e. The van der Waals surface area contributed by atoms with Gasteiger partial charge in [0.05, 0.1) is 0 Å². The van der Waals surface area contributed by atoms with E-state index >= 15 is 0 Å².